The van der Waals surface area contributed by atoms with E-state index in [0.717, 1.165) is 0 Å². The molecule has 1 rings (SSSR count). The molecule has 0 unspecified atom stereocenters. The van der Waals surface area contributed by atoms with Crippen LogP contribution in [0, 0.1) is 0 Å². The number of rotatable bonds is 1. The van der Waals surface area contributed by atoms with Crippen molar-refractivity contribution >= 4 is 5.91 Å². The first-order valence-corrected chi connectivity index (χ1v) is 2.48. The molecule has 52 valence electrons. The molecule has 6 nitrogen and oxygen atoms in total. The van der Waals surface area contributed by atoms with Gasteiger partial charge in [0.15, 0.2) is 5.69 Å². The minimum Gasteiger partial charge on any atom is -0.289 e. The van der Waals surface area contributed by atoms with Gasteiger partial charge in [-0.3, -0.25) is 10.2 Å². The minimum absolute atomic E-state index is 0.102. The molecule has 6 heteroatoms. The summed E-state index contributed by atoms with van der Waals surface area (Å²) in [5, 5.41) is 6.82. The molecule has 0 spiro atoms. The molecule has 0 saturated carbocycles. The van der Waals surface area contributed by atoms with Gasteiger partial charge in [0.25, 0.3) is 5.91 Å². The van der Waals surface area contributed by atoms with Gasteiger partial charge in [-0.05, 0) is 0 Å². The Morgan fingerprint density at radius 3 is 3.00 bits per heavy atom. The predicted octanol–water partition coefficient (Wildman–Crippen LogP) is -1.52. The van der Waals surface area contributed by atoms with Crippen molar-refractivity contribution in [3.63, 3.8) is 0 Å². The number of aromatic nitrogens is 3. The summed E-state index contributed by atoms with van der Waals surface area (Å²) >= 11 is 0. The van der Waals surface area contributed by atoms with Gasteiger partial charge in [-0.15, -0.1) is 10.2 Å². The summed E-state index contributed by atoms with van der Waals surface area (Å²) in [6.07, 6.45) is 2.50. The number of hydrogen-bond donors (Lipinski definition) is 2. The number of nitrogen functional groups attached to an aromatic ring is 1. The largest absolute Gasteiger partial charge is 0.289 e. The predicted molar refractivity (Wildman–Crippen MR) is 31.5 cm³/mol. The van der Waals surface area contributed by atoms with E-state index in [-0.39, 0.29) is 5.69 Å². The molecule has 0 aliphatic heterocycles. The molecule has 0 fully saturated rings. The van der Waals surface area contributed by atoms with Crippen molar-refractivity contribution in [3.8, 4) is 0 Å². The molecular weight excluding hydrogens is 134 g/mol. The monoisotopic (exact) mass is 139 g/mol. The van der Waals surface area contributed by atoms with Crippen LogP contribution in [0.25, 0.3) is 0 Å². The molecule has 0 aliphatic rings. The Hall–Kier alpha value is -1.56. The quantitative estimate of drug-likeness (QED) is 0.280. The molecule has 1 aromatic heterocycles. The fraction of sp³-hybridized carbons (Fsp3) is 0. The lowest BCUT2D eigenvalue weighted by Crippen LogP contribution is -2.30. The average Bonchev–Trinajstić information content (AvgIpc) is 2.05. The van der Waals surface area contributed by atoms with Gasteiger partial charge >= 0.3 is 0 Å². The molecule has 0 aliphatic carbocycles. The van der Waals surface area contributed by atoms with E-state index in [4.69, 9.17) is 5.84 Å². The van der Waals surface area contributed by atoms with Crippen LogP contribution in [0.5, 0.6) is 0 Å². The first-order chi connectivity index (χ1) is 4.84. The minimum atomic E-state index is -0.499. The zero-order valence-corrected chi connectivity index (χ0v) is 4.98. The van der Waals surface area contributed by atoms with Gasteiger partial charge in [-0.2, -0.15) is 0 Å². The summed E-state index contributed by atoms with van der Waals surface area (Å²) in [7, 11) is 0. The first kappa shape index (κ1) is 6.56. The van der Waals surface area contributed by atoms with Crippen molar-refractivity contribution in [1.29, 1.82) is 0 Å². The van der Waals surface area contributed by atoms with Gasteiger partial charge in [-0.1, -0.05) is 0 Å². The number of nitrogens with zero attached hydrogens (tertiary/aromatic N) is 3. The van der Waals surface area contributed by atoms with E-state index >= 15 is 0 Å². The third-order valence-corrected chi connectivity index (χ3v) is 0.844. The van der Waals surface area contributed by atoms with Crippen molar-refractivity contribution in [3.05, 3.63) is 18.2 Å². The van der Waals surface area contributed by atoms with Crippen molar-refractivity contribution < 1.29 is 4.79 Å². The molecule has 0 bridgehead atoms. The van der Waals surface area contributed by atoms with Crippen LogP contribution in [0.15, 0.2) is 12.5 Å². The molecule has 0 radical (unpaired) electrons. The smallest absolute Gasteiger partial charge is 0.287 e. The number of carbonyl (C=O) groups is 1. The second-order valence-corrected chi connectivity index (χ2v) is 1.47. The molecule has 0 saturated heterocycles. The Labute approximate surface area is 56.4 Å². The van der Waals surface area contributed by atoms with Crippen LogP contribution in [0.2, 0.25) is 0 Å². The van der Waals surface area contributed by atoms with Gasteiger partial charge in [0.1, 0.15) is 6.33 Å². The number of nitrogens with two attached hydrogens (primary N) is 1. The highest BCUT2D eigenvalue weighted by Crippen LogP contribution is 1.84. The third kappa shape index (κ3) is 1.23. The second kappa shape index (κ2) is 2.83. The fourth-order valence-electron chi connectivity index (χ4n) is 0.426. The summed E-state index contributed by atoms with van der Waals surface area (Å²) < 4.78 is 0. The average molecular weight is 139 g/mol. The van der Waals surface area contributed by atoms with Crippen molar-refractivity contribution in [2.75, 3.05) is 0 Å². The van der Waals surface area contributed by atoms with Crippen molar-refractivity contribution in [1.82, 2.24) is 20.6 Å². The highest BCUT2D eigenvalue weighted by Gasteiger charge is 2.02. The second-order valence-electron chi connectivity index (χ2n) is 1.47. The highest BCUT2D eigenvalue weighted by atomic mass is 16.2. The number of hydrazine groups is 1. The van der Waals surface area contributed by atoms with E-state index < -0.39 is 5.91 Å². The third-order valence-electron chi connectivity index (χ3n) is 0.844. The van der Waals surface area contributed by atoms with E-state index in [1.54, 1.807) is 0 Å². The molecule has 1 amide bonds. The molecule has 1 heterocycles. The Morgan fingerprint density at radius 1 is 1.70 bits per heavy atom. The number of nitrogens with one attached hydrogen (secondary N) is 1. The lowest BCUT2D eigenvalue weighted by atomic mass is 10.5. The molecule has 3 N–H and O–H groups in total. The van der Waals surface area contributed by atoms with Crippen LogP contribution in [0.1, 0.15) is 10.5 Å². The summed E-state index contributed by atoms with van der Waals surface area (Å²) in [6.45, 7) is 0. The summed E-state index contributed by atoms with van der Waals surface area (Å²) in [5.74, 6) is 4.31. The highest BCUT2D eigenvalue weighted by molar-refractivity contribution is 5.91. The SMILES string of the molecule is NNC(=O)c1cncnn1. The van der Waals surface area contributed by atoms with Crippen molar-refractivity contribution in [2.24, 2.45) is 5.84 Å². The maximum absolute atomic E-state index is 10.6. The van der Waals surface area contributed by atoms with Gasteiger partial charge < -0.3 is 0 Å². The normalized spacial score (nSPS) is 8.90. The maximum atomic E-state index is 10.6. The van der Waals surface area contributed by atoms with Gasteiger partial charge in [0.2, 0.25) is 0 Å². The van der Waals surface area contributed by atoms with Crippen LogP contribution in [0.3, 0.4) is 0 Å². The maximum Gasteiger partial charge on any atom is 0.287 e. The Kier molecular flexibility index (Phi) is 1.86. The summed E-state index contributed by atoms with van der Waals surface area (Å²) in [5.41, 5.74) is 2.00. The Balaban J connectivity index is 2.85. The first-order valence-electron chi connectivity index (χ1n) is 2.48. The van der Waals surface area contributed by atoms with E-state index in [0.29, 0.717) is 0 Å². The van der Waals surface area contributed by atoms with Crippen LogP contribution in [-0.4, -0.2) is 21.1 Å². The van der Waals surface area contributed by atoms with Crippen LogP contribution in [0.4, 0.5) is 0 Å². The van der Waals surface area contributed by atoms with Gasteiger partial charge in [0, 0.05) is 0 Å². The van der Waals surface area contributed by atoms with Gasteiger partial charge in [0.05, 0.1) is 6.20 Å². The lowest BCUT2D eigenvalue weighted by Gasteiger charge is -1.93. The number of carbonyl (C=O) groups excluding carboxylic acids is 1. The fourth-order valence-corrected chi connectivity index (χ4v) is 0.426. The molecule has 1 aromatic rings. The topological polar surface area (TPSA) is 93.8 Å². The van der Waals surface area contributed by atoms with E-state index in [2.05, 4.69) is 15.2 Å². The number of amides is 1. The van der Waals surface area contributed by atoms with E-state index in [1.165, 1.54) is 12.5 Å². The zero-order valence-electron chi connectivity index (χ0n) is 4.98. The van der Waals surface area contributed by atoms with Gasteiger partial charge in [-0.25, -0.2) is 10.8 Å². The van der Waals surface area contributed by atoms with Crippen LogP contribution < -0.4 is 11.3 Å². The molecule has 0 aromatic carbocycles. The molecular formula is C4H5N5O. The summed E-state index contributed by atoms with van der Waals surface area (Å²) in [4.78, 5) is 14.2. The zero-order chi connectivity index (χ0) is 7.40. The van der Waals surface area contributed by atoms with Crippen LogP contribution in [-0.2, 0) is 0 Å². The van der Waals surface area contributed by atoms with E-state index in [1.807, 2.05) is 5.43 Å². The van der Waals surface area contributed by atoms with E-state index in [9.17, 15) is 4.79 Å². The van der Waals surface area contributed by atoms with Crippen LogP contribution >= 0.6 is 0 Å². The Bertz CT molecular complexity index is 222. The lowest BCUT2D eigenvalue weighted by molar-refractivity contribution is 0.0947. The summed E-state index contributed by atoms with van der Waals surface area (Å²) in [6, 6.07) is 0. The Morgan fingerprint density at radius 2 is 2.50 bits per heavy atom. The molecule has 10 heavy (non-hydrogen) atoms. The number of hydrogen-bond acceptors (Lipinski definition) is 5. The standard InChI is InChI=1S/C4H5N5O/c5-8-4(10)3-1-6-2-7-9-3/h1-2H,5H2,(H,8,10). The van der Waals surface area contributed by atoms with Crippen molar-refractivity contribution in [2.45, 2.75) is 0 Å². The molecule has 0 atom stereocenters.